The van der Waals surface area contributed by atoms with Gasteiger partial charge in [0.15, 0.2) is 0 Å². The molecule has 0 amide bonds. The molecule has 0 heterocycles. The van der Waals surface area contributed by atoms with Crippen molar-refractivity contribution in [3.05, 3.63) is 0 Å². The van der Waals surface area contributed by atoms with E-state index >= 15 is 0 Å². The van der Waals surface area contributed by atoms with Crippen molar-refractivity contribution in [1.82, 2.24) is 0 Å². The molecule has 0 aromatic rings. The van der Waals surface area contributed by atoms with Crippen LogP contribution in [0.2, 0.25) is 0 Å². The summed E-state index contributed by atoms with van der Waals surface area (Å²) < 4.78 is 0. The molecule has 24 heavy (non-hydrogen) atoms. The summed E-state index contributed by atoms with van der Waals surface area (Å²) in [6, 6.07) is 0. The Balaban J connectivity index is 3.98. The average Bonchev–Trinajstić information content (AvgIpc) is 2.58. The summed E-state index contributed by atoms with van der Waals surface area (Å²) in [5, 5.41) is 0. The normalized spacial score (nSPS) is 12.7. The van der Waals surface area contributed by atoms with E-state index in [0.29, 0.717) is 0 Å². The van der Waals surface area contributed by atoms with Crippen LogP contribution in [0.25, 0.3) is 0 Å². The van der Waals surface area contributed by atoms with Crippen molar-refractivity contribution in [2.75, 3.05) is 17.3 Å². The highest BCUT2D eigenvalue weighted by atomic mass is 79.9. The number of hydrogen-bond donors (Lipinski definition) is 0. The third-order valence-corrected chi connectivity index (χ3v) is 11.1. The third kappa shape index (κ3) is 16.3. The molecule has 0 saturated carbocycles. The van der Waals surface area contributed by atoms with Crippen LogP contribution in [-0.2, 0) is 0 Å². The van der Waals surface area contributed by atoms with Crippen LogP contribution in [-0.4, -0.2) is 17.3 Å². The van der Waals surface area contributed by atoms with Crippen LogP contribution in [0.5, 0.6) is 0 Å². The van der Waals surface area contributed by atoms with E-state index in [1.54, 1.807) is 0 Å². The van der Waals surface area contributed by atoms with E-state index in [1.807, 2.05) is 0 Å². The highest BCUT2D eigenvalue weighted by Crippen LogP contribution is 2.57. The predicted molar refractivity (Wildman–Crippen MR) is 122 cm³/mol. The van der Waals surface area contributed by atoms with Gasteiger partial charge >= 0.3 is 0 Å². The molecule has 0 aliphatic heterocycles. The molecule has 0 nitrogen and oxygen atoms in total. The Kier molecular flexibility index (Phi) is 19.3. The second-order valence-corrected chi connectivity index (χ2v) is 14.9. The number of rotatable bonds is 19. The number of halogens is 1. The third-order valence-electron chi connectivity index (χ3n) is 5.09. The first-order valence-electron chi connectivity index (χ1n) is 11.1. The van der Waals surface area contributed by atoms with Gasteiger partial charge in [-0.2, -0.15) is 8.46 Å². The summed E-state index contributed by atoms with van der Waals surface area (Å²) in [4.78, 5) is 0. The smallest absolute Gasteiger partial charge is 0.0136 e. The van der Waals surface area contributed by atoms with Crippen molar-refractivity contribution in [1.29, 1.82) is 0 Å². The SMILES string of the molecule is CCCCCCCCS(Br)(CCCCCC)CCCCCCCC. The van der Waals surface area contributed by atoms with E-state index in [9.17, 15) is 0 Å². The fourth-order valence-corrected chi connectivity index (χ4v) is 8.21. The first-order valence-corrected chi connectivity index (χ1v) is 15.1. The fraction of sp³-hybridized carbons (Fsp3) is 1.00. The summed E-state index contributed by atoms with van der Waals surface area (Å²) in [6.07, 6.45) is 23.0. The Morgan fingerprint density at radius 2 is 0.667 bits per heavy atom. The molecule has 0 bridgehead atoms. The van der Waals surface area contributed by atoms with E-state index in [4.69, 9.17) is 0 Å². The maximum absolute atomic E-state index is 4.29. The zero-order chi connectivity index (χ0) is 17.9. The Bertz CT molecular complexity index is 226. The van der Waals surface area contributed by atoms with Crippen molar-refractivity contribution in [3.63, 3.8) is 0 Å². The van der Waals surface area contributed by atoms with Gasteiger partial charge in [-0.25, -0.2) is 0 Å². The van der Waals surface area contributed by atoms with Gasteiger partial charge in [-0.15, -0.1) is 0 Å². The number of hydrogen-bond acceptors (Lipinski definition) is 0. The lowest BCUT2D eigenvalue weighted by Gasteiger charge is -2.34. The lowest BCUT2D eigenvalue weighted by molar-refractivity contribution is 0.622. The Morgan fingerprint density at radius 1 is 0.417 bits per heavy atom. The van der Waals surface area contributed by atoms with Gasteiger partial charge in [0, 0.05) is 0 Å². The minimum absolute atomic E-state index is 0.492. The molecule has 0 aromatic heterocycles. The van der Waals surface area contributed by atoms with Crippen LogP contribution >= 0.6 is 23.3 Å². The van der Waals surface area contributed by atoms with E-state index in [2.05, 4.69) is 35.6 Å². The Labute approximate surface area is 163 Å². The lowest BCUT2D eigenvalue weighted by Crippen LogP contribution is -2.08. The van der Waals surface area contributed by atoms with Crippen LogP contribution in [0.3, 0.4) is 0 Å². The zero-order valence-corrected chi connectivity index (χ0v) is 19.6. The highest BCUT2D eigenvalue weighted by molar-refractivity contribution is 9.58. The molecule has 0 aromatic carbocycles. The molecule has 0 aliphatic rings. The summed E-state index contributed by atoms with van der Waals surface area (Å²) in [6.45, 7) is 6.94. The first kappa shape index (κ1) is 24.8. The largest absolute Gasteiger partial charge is 0.183 e. The van der Waals surface area contributed by atoms with Crippen molar-refractivity contribution >= 4 is 23.3 Å². The molecule has 0 aliphatic carbocycles. The second-order valence-electron chi connectivity index (χ2n) is 7.65. The van der Waals surface area contributed by atoms with Crippen molar-refractivity contribution in [2.45, 2.75) is 124 Å². The van der Waals surface area contributed by atoms with E-state index < -0.39 is 8.46 Å². The van der Waals surface area contributed by atoms with Gasteiger partial charge in [-0.05, 0) is 51.3 Å². The quantitative estimate of drug-likeness (QED) is 0.181. The molecule has 0 saturated heterocycles. The van der Waals surface area contributed by atoms with Crippen LogP contribution < -0.4 is 0 Å². The summed E-state index contributed by atoms with van der Waals surface area (Å²) in [5.74, 6) is 4.46. The molecular formula is C22H47BrS. The molecule has 0 spiro atoms. The van der Waals surface area contributed by atoms with E-state index in [0.717, 1.165) is 0 Å². The number of unbranched alkanes of at least 4 members (excludes halogenated alkanes) is 13. The summed E-state index contributed by atoms with van der Waals surface area (Å²) >= 11 is 4.29. The van der Waals surface area contributed by atoms with Gasteiger partial charge < -0.3 is 0 Å². The van der Waals surface area contributed by atoms with Crippen molar-refractivity contribution in [3.8, 4) is 0 Å². The zero-order valence-electron chi connectivity index (χ0n) is 17.2. The van der Waals surface area contributed by atoms with Gasteiger partial charge in [-0.3, -0.25) is 0 Å². The molecule has 0 fully saturated rings. The van der Waals surface area contributed by atoms with E-state index in [-0.39, 0.29) is 0 Å². The minimum Gasteiger partial charge on any atom is -0.183 e. The maximum atomic E-state index is 4.29. The van der Waals surface area contributed by atoms with Gasteiger partial charge in [0.2, 0.25) is 0 Å². The van der Waals surface area contributed by atoms with Crippen molar-refractivity contribution in [2.24, 2.45) is 0 Å². The second kappa shape index (κ2) is 18.6. The molecular weight excluding hydrogens is 376 g/mol. The van der Waals surface area contributed by atoms with Crippen LogP contribution in [0.15, 0.2) is 0 Å². The minimum atomic E-state index is -0.492. The molecule has 0 unspecified atom stereocenters. The summed E-state index contributed by atoms with van der Waals surface area (Å²) in [5.41, 5.74) is 0. The van der Waals surface area contributed by atoms with E-state index in [1.165, 1.54) is 120 Å². The average molecular weight is 424 g/mol. The lowest BCUT2D eigenvalue weighted by atomic mass is 10.1. The first-order chi connectivity index (χ1) is 11.7. The molecule has 0 atom stereocenters. The van der Waals surface area contributed by atoms with Crippen LogP contribution in [0.4, 0.5) is 0 Å². The monoisotopic (exact) mass is 422 g/mol. The van der Waals surface area contributed by atoms with Gasteiger partial charge in [0.1, 0.15) is 0 Å². The summed E-state index contributed by atoms with van der Waals surface area (Å²) in [7, 11) is -0.492. The standard InChI is InChI=1S/C22H47BrS/c1-4-7-10-13-15-18-21-24(23,20-17-12-9-6-3)22-19-16-14-11-8-5-2/h4-22H2,1-3H3. The molecule has 148 valence electrons. The maximum Gasteiger partial charge on any atom is -0.0136 e. The van der Waals surface area contributed by atoms with Crippen LogP contribution in [0, 0.1) is 0 Å². The van der Waals surface area contributed by atoms with Gasteiger partial charge in [-0.1, -0.05) is 104 Å². The molecule has 0 N–H and O–H groups in total. The van der Waals surface area contributed by atoms with Gasteiger partial charge in [0.05, 0.1) is 0 Å². The fourth-order valence-electron chi connectivity index (χ4n) is 3.38. The van der Waals surface area contributed by atoms with Crippen molar-refractivity contribution < 1.29 is 0 Å². The van der Waals surface area contributed by atoms with Crippen LogP contribution in [0.1, 0.15) is 124 Å². The Hall–Kier alpha value is 0.830. The topological polar surface area (TPSA) is 0 Å². The molecule has 2 heteroatoms. The van der Waals surface area contributed by atoms with Gasteiger partial charge in [0.25, 0.3) is 0 Å². The predicted octanol–water partition coefficient (Wildman–Crippen LogP) is 9.40. The molecule has 0 rings (SSSR count). The Morgan fingerprint density at radius 3 is 1.00 bits per heavy atom. The highest BCUT2D eigenvalue weighted by Gasteiger charge is 2.19. The molecule has 0 radical (unpaired) electrons.